The molecule has 3 heterocycles. The normalized spacial score (nSPS) is 21.9. The number of carbonyl (C=O) groups is 4. The highest BCUT2D eigenvalue weighted by Crippen LogP contribution is 2.41. The van der Waals surface area contributed by atoms with Crippen molar-refractivity contribution in [3.8, 4) is 17.6 Å². The van der Waals surface area contributed by atoms with Gasteiger partial charge in [-0.1, -0.05) is 25.0 Å². The van der Waals surface area contributed by atoms with Crippen LogP contribution in [0.4, 0.5) is 19.0 Å². The SMILES string of the molecule is COc1ccc(CC(NC(=O)C(F)(F)F)C(=O)N(C)C(CC2CC2)C(=O)N2CC3(CC2C#N)Oc2cccnc2NC3=O)cc1. The molecule has 1 aliphatic carbocycles. The number of rotatable bonds is 9. The second kappa shape index (κ2) is 12.3. The van der Waals surface area contributed by atoms with Crippen molar-refractivity contribution >= 4 is 29.4 Å². The molecule has 1 saturated carbocycles. The molecule has 4 amide bonds. The van der Waals surface area contributed by atoms with Crippen LogP contribution in [0.15, 0.2) is 42.6 Å². The Morgan fingerprint density at radius 2 is 1.98 bits per heavy atom. The highest BCUT2D eigenvalue weighted by Gasteiger charge is 2.57. The van der Waals surface area contributed by atoms with Crippen LogP contribution in [0.3, 0.4) is 0 Å². The van der Waals surface area contributed by atoms with Gasteiger partial charge in [-0.2, -0.15) is 18.4 Å². The number of carbonyl (C=O) groups excluding carboxylic acids is 4. The molecule has 2 aromatic rings. The molecular formula is C30H31F3N6O6. The summed E-state index contributed by atoms with van der Waals surface area (Å²) in [6.07, 6.45) is -2.47. The number of alkyl halides is 3. The van der Waals surface area contributed by atoms with Gasteiger partial charge < -0.3 is 29.9 Å². The average Bonchev–Trinajstić information content (AvgIpc) is 3.77. The summed E-state index contributed by atoms with van der Waals surface area (Å²) >= 11 is 0. The number of benzene rings is 1. The number of nitrogens with one attached hydrogen (secondary N) is 2. The molecule has 1 aromatic carbocycles. The van der Waals surface area contributed by atoms with Crippen LogP contribution < -0.4 is 20.1 Å². The van der Waals surface area contributed by atoms with Gasteiger partial charge >= 0.3 is 12.1 Å². The summed E-state index contributed by atoms with van der Waals surface area (Å²) < 4.78 is 50.9. The highest BCUT2D eigenvalue weighted by molar-refractivity contribution is 6.01. The van der Waals surface area contributed by atoms with Gasteiger partial charge in [0.1, 0.15) is 23.9 Å². The van der Waals surface area contributed by atoms with Crippen LogP contribution in [0, 0.1) is 17.2 Å². The van der Waals surface area contributed by atoms with Gasteiger partial charge in [0.15, 0.2) is 11.6 Å². The second-order valence-electron chi connectivity index (χ2n) is 11.4. The van der Waals surface area contributed by atoms with Crippen LogP contribution in [-0.2, 0) is 25.6 Å². The summed E-state index contributed by atoms with van der Waals surface area (Å²) in [5.74, 6) is -3.42. The zero-order valence-electron chi connectivity index (χ0n) is 24.5. The van der Waals surface area contributed by atoms with Crippen LogP contribution in [0.5, 0.6) is 11.5 Å². The molecule has 5 rings (SSSR count). The summed E-state index contributed by atoms with van der Waals surface area (Å²) in [4.78, 5) is 59.4. The summed E-state index contributed by atoms with van der Waals surface area (Å²) in [5.41, 5.74) is -1.15. The third-order valence-corrected chi connectivity index (χ3v) is 8.29. The largest absolute Gasteiger partial charge is 0.497 e. The molecule has 238 valence electrons. The number of anilines is 1. The Morgan fingerprint density at radius 3 is 2.60 bits per heavy atom. The number of nitriles is 1. The van der Waals surface area contributed by atoms with E-state index in [1.165, 1.54) is 25.3 Å². The molecule has 1 aromatic heterocycles. The fraction of sp³-hybridized carbons (Fsp3) is 0.467. The van der Waals surface area contributed by atoms with E-state index in [4.69, 9.17) is 9.47 Å². The lowest BCUT2D eigenvalue weighted by Crippen LogP contribution is -2.58. The van der Waals surface area contributed by atoms with Gasteiger partial charge in [-0.05, 0) is 42.2 Å². The first kappa shape index (κ1) is 31.6. The number of hydrogen-bond donors (Lipinski definition) is 2. The van der Waals surface area contributed by atoms with E-state index in [9.17, 15) is 37.6 Å². The fourth-order valence-corrected chi connectivity index (χ4v) is 5.62. The van der Waals surface area contributed by atoms with Gasteiger partial charge in [0.05, 0.1) is 19.7 Å². The molecular weight excluding hydrogens is 597 g/mol. The van der Waals surface area contributed by atoms with Crippen molar-refractivity contribution in [3.63, 3.8) is 0 Å². The minimum Gasteiger partial charge on any atom is -0.497 e. The topological polar surface area (TPSA) is 154 Å². The van der Waals surface area contributed by atoms with E-state index in [1.54, 1.807) is 41.7 Å². The predicted molar refractivity (Wildman–Crippen MR) is 151 cm³/mol. The fourth-order valence-electron chi connectivity index (χ4n) is 5.62. The zero-order chi connectivity index (χ0) is 32.5. The molecule has 12 nitrogen and oxygen atoms in total. The van der Waals surface area contributed by atoms with Gasteiger partial charge in [0.25, 0.3) is 5.91 Å². The number of fused-ring (bicyclic) bond motifs is 1. The Bertz CT molecular complexity index is 1530. The molecule has 45 heavy (non-hydrogen) atoms. The summed E-state index contributed by atoms with van der Waals surface area (Å²) in [6.45, 7) is -0.298. The molecule has 1 saturated heterocycles. The first-order valence-corrected chi connectivity index (χ1v) is 14.3. The number of ether oxygens (including phenoxy) is 2. The maximum atomic E-state index is 14.1. The third-order valence-electron chi connectivity index (χ3n) is 8.29. The van der Waals surface area contributed by atoms with E-state index in [2.05, 4.69) is 10.3 Å². The average molecular weight is 629 g/mol. The standard InChI is InChI=1S/C30H31F3N6O6/c1-38(25(40)21(36-28(43)30(31,32)33)12-17-7-9-20(44-2)10-8-17)22(13-18-5-6-18)26(41)39-16-29(14-19(39)15-34)27(42)37-24-23(45-29)4-3-11-35-24/h3-4,7-11,18-19,21-22H,5-6,12-14,16H2,1-2H3,(H,36,43)(H,35,37,42). The molecule has 1 spiro atoms. The van der Waals surface area contributed by atoms with Crippen LogP contribution in [0.2, 0.25) is 0 Å². The lowest BCUT2D eigenvalue weighted by atomic mass is 9.97. The first-order chi connectivity index (χ1) is 21.3. The van der Waals surface area contributed by atoms with Gasteiger partial charge in [0, 0.05) is 26.1 Å². The second-order valence-corrected chi connectivity index (χ2v) is 11.4. The highest BCUT2D eigenvalue weighted by atomic mass is 19.4. The summed E-state index contributed by atoms with van der Waals surface area (Å²) in [7, 11) is 2.73. The Labute approximate surface area is 256 Å². The molecule has 2 fully saturated rings. The number of aromatic nitrogens is 1. The van der Waals surface area contributed by atoms with Crippen molar-refractivity contribution in [2.45, 2.75) is 62.0 Å². The Morgan fingerprint density at radius 1 is 1.27 bits per heavy atom. The monoisotopic (exact) mass is 628 g/mol. The quantitative estimate of drug-likeness (QED) is 0.429. The summed E-state index contributed by atoms with van der Waals surface area (Å²) in [5, 5.41) is 14.4. The van der Waals surface area contributed by atoms with E-state index in [0.717, 1.165) is 17.7 Å². The van der Waals surface area contributed by atoms with Crippen molar-refractivity contribution in [2.24, 2.45) is 5.92 Å². The van der Waals surface area contributed by atoms with Gasteiger partial charge in [-0.15, -0.1) is 0 Å². The Hall–Kier alpha value is -4.87. The molecule has 0 radical (unpaired) electrons. The van der Waals surface area contributed by atoms with Crippen molar-refractivity contribution in [1.82, 2.24) is 20.1 Å². The lowest BCUT2D eigenvalue weighted by Gasteiger charge is -2.35. The van der Waals surface area contributed by atoms with Crippen LogP contribution in [0.25, 0.3) is 0 Å². The van der Waals surface area contributed by atoms with E-state index in [-0.39, 0.29) is 43.3 Å². The maximum Gasteiger partial charge on any atom is 0.471 e. The number of hydrogen-bond acceptors (Lipinski definition) is 8. The zero-order valence-corrected chi connectivity index (χ0v) is 24.5. The Balaban J connectivity index is 1.40. The van der Waals surface area contributed by atoms with Crippen LogP contribution in [0.1, 0.15) is 31.2 Å². The number of methoxy groups -OCH3 is 1. The van der Waals surface area contributed by atoms with Crippen LogP contribution in [-0.4, -0.2) is 89.0 Å². The van der Waals surface area contributed by atoms with Crippen molar-refractivity contribution < 1.29 is 41.8 Å². The van der Waals surface area contributed by atoms with E-state index in [0.29, 0.717) is 11.3 Å². The molecule has 15 heteroatoms. The van der Waals surface area contributed by atoms with E-state index in [1.807, 2.05) is 6.07 Å². The van der Waals surface area contributed by atoms with Gasteiger partial charge in [-0.3, -0.25) is 19.2 Å². The number of likely N-dealkylation sites (N-methyl/N-ethyl adjacent to an activating group) is 1. The minimum atomic E-state index is -5.25. The molecule has 2 N–H and O–H groups in total. The molecule has 4 atom stereocenters. The summed E-state index contributed by atoms with van der Waals surface area (Å²) in [6, 6.07) is 7.54. The Kier molecular flexibility index (Phi) is 8.59. The van der Waals surface area contributed by atoms with E-state index >= 15 is 0 Å². The van der Waals surface area contributed by atoms with Crippen molar-refractivity contribution in [2.75, 3.05) is 26.0 Å². The van der Waals surface area contributed by atoms with Crippen LogP contribution >= 0.6 is 0 Å². The minimum absolute atomic E-state index is 0.0725. The first-order valence-electron chi connectivity index (χ1n) is 14.3. The van der Waals surface area contributed by atoms with Crippen molar-refractivity contribution in [3.05, 3.63) is 48.2 Å². The molecule has 3 aliphatic rings. The predicted octanol–water partition coefficient (Wildman–Crippen LogP) is 2.20. The van der Waals surface area contributed by atoms with Crippen molar-refractivity contribution in [1.29, 1.82) is 5.26 Å². The molecule has 2 aliphatic heterocycles. The molecule has 0 bridgehead atoms. The van der Waals surface area contributed by atoms with Gasteiger partial charge in [0.2, 0.25) is 17.4 Å². The number of amides is 4. The number of pyridine rings is 1. The number of likely N-dealkylation sites (tertiary alicyclic amines) is 1. The number of halogens is 3. The molecule has 4 unspecified atom stereocenters. The number of nitrogens with zero attached hydrogens (tertiary/aromatic N) is 4. The van der Waals surface area contributed by atoms with Gasteiger partial charge in [-0.25, -0.2) is 4.98 Å². The smallest absolute Gasteiger partial charge is 0.471 e. The lowest BCUT2D eigenvalue weighted by molar-refractivity contribution is -0.175. The third kappa shape index (κ3) is 6.64. The van der Waals surface area contributed by atoms with E-state index < -0.39 is 53.5 Å². The maximum absolute atomic E-state index is 14.1.